The van der Waals surface area contributed by atoms with Crippen LogP contribution in [0.1, 0.15) is 5.69 Å². The number of hydrogen-bond donors (Lipinski definition) is 2. The highest BCUT2D eigenvalue weighted by Crippen LogP contribution is 2.31. The number of para-hydroxylation sites is 1. The van der Waals surface area contributed by atoms with Gasteiger partial charge in [-0.05, 0) is 43.4 Å². The van der Waals surface area contributed by atoms with E-state index >= 15 is 0 Å². The zero-order valence-corrected chi connectivity index (χ0v) is 17.6. The van der Waals surface area contributed by atoms with Crippen molar-refractivity contribution in [2.24, 2.45) is 7.05 Å². The number of aromatic nitrogens is 2. The number of rotatable bonds is 7. The standard InChI is InChI=1S/C20H18F4N4O3S/c1-11-16(17(29)28(27(11)2)12-6-4-3-5-7-12)26-20(32)25-14-9-8-13(30-18(21)22)10-15(14)31-19(23)24/h3-10,18-19H,1-2H3,(H2,25,26,32). The Labute approximate surface area is 185 Å². The summed E-state index contributed by atoms with van der Waals surface area (Å²) in [5.74, 6) is -0.835. The molecule has 1 aromatic heterocycles. The van der Waals surface area contributed by atoms with Crippen LogP contribution in [0.3, 0.4) is 0 Å². The predicted octanol–water partition coefficient (Wildman–Crippen LogP) is 4.50. The van der Waals surface area contributed by atoms with Crippen molar-refractivity contribution in [2.75, 3.05) is 10.6 Å². The van der Waals surface area contributed by atoms with Gasteiger partial charge in [0.25, 0.3) is 5.56 Å². The maximum atomic E-state index is 12.9. The lowest BCUT2D eigenvalue weighted by atomic mass is 10.2. The molecule has 0 fully saturated rings. The number of nitrogens with one attached hydrogen (secondary N) is 2. The minimum Gasteiger partial charge on any atom is -0.435 e. The van der Waals surface area contributed by atoms with Gasteiger partial charge in [0, 0.05) is 13.1 Å². The SMILES string of the molecule is Cc1c(NC(=S)Nc2ccc(OC(F)F)cc2OC(F)F)c(=O)n(-c2ccccc2)n1C. The Bertz CT molecular complexity index is 1170. The molecule has 0 spiro atoms. The second-order valence-corrected chi connectivity index (χ2v) is 6.84. The van der Waals surface area contributed by atoms with Gasteiger partial charge in [-0.25, -0.2) is 4.68 Å². The summed E-state index contributed by atoms with van der Waals surface area (Å²) in [6.45, 7) is -4.65. The molecule has 1 heterocycles. The Hall–Kier alpha value is -3.54. The van der Waals surface area contributed by atoms with Crippen LogP contribution in [0.2, 0.25) is 0 Å². The van der Waals surface area contributed by atoms with E-state index in [0.717, 1.165) is 12.1 Å². The summed E-state index contributed by atoms with van der Waals surface area (Å²) in [7, 11) is 1.70. The normalized spacial score (nSPS) is 11.0. The molecule has 12 heteroatoms. The molecule has 2 aromatic carbocycles. The van der Waals surface area contributed by atoms with E-state index < -0.39 is 19.0 Å². The highest BCUT2D eigenvalue weighted by Gasteiger charge is 2.19. The smallest absolute Gasteiger partial charge is 0.387 e. The van der Waals surface area contributed by atoms with Gasteiger partial charge in [0.1, 0.15) is 11.4 Å². The molecule has 3 rings (SSSR count). The second-order valence-electron chi connectivity index (χ2n) is 6.43. The van der Waals surface area contributed by atoms with E-state index in [9.17, 15) is 22.4 Å². The fraction of sp³-hybridized carbons (Fsp3) is 0.200. The Morgan fingerprint density at radius 1 is 1.00 bits per heavy atom. The summed E-state index contributed by atoms with van der Waals surface area (Å²) in [4.78, 5) is 12.9. The van der Waals surface area contributed by atoms with Crippen LogP contribution in [0.5, 0.6) is 11.5 Å². The lowest BCUT2D eigenvalue weighted by Gasteiger charge is -2.15. The summed E-state index contributed by atoms with van der Waals surface area (Å²) >= 11 is 5.21. The number of thiocarbonyl (C=S) groups is 1. The summed E-state index contributed by atoms with van der Waals surface area (Å²) in [6.07, 6.45) is 0. The first kappa shape index (κ1) is 23.1. The molecule has 0 radical (unpaired) electrons. The Kier molecular flexibility index (Phi) is 7.03. The first-order chi connectivity index (χ1) is 15.2. The zero-order chi connectivity index (χ0) is 23.4. The van der Waals surface area contributed by atoms with Crippen molar-refractivity contribution in [3.63, 3.8) is 0 Å². The Morgan fingerprint density at radius 2 is 1.66 bits per heavy atom. The van der Waals surface area contributed by atoms with Crippen LogP contribution in [0, 0.1) is 6.92 Å². The molecule has 7 nitrogen and oxygen atoms in total. The van der Waals surface area contributed by atoms with Gasteiger partial charge < -0.3 is 20.1 Å². The molecule has 0 atom stereocenters. The van der Waals surface area contributed by atoms with Gasteiger partial charge in [-0.1, -0.05) is 18.2 Å². The first-order valence-electron chi connectivity index (χ1n) is 9.13. The third kappa shape index (κ3) is 5.19. The fourth-order valence-corrected chi connectivity index (χ4v) is 3.17. The molecule has 0 unspecified atom stereocenters. The summed E-state index contributed by atoms with van der Waals surface area (Å²) in [6, 6.07) is 12.1. The maximum absolute atomic E-state index is 12.9. The number of ether oxygens (including phenoxy) is 2. The van der Waals surface area contributed by atoms with Crippen molar-refractivity contribution in [3.05, 3.63) is 64.6 Å². The van der Waals surface area contributed by atoms with Crippen LogP contribution in [-0.2, 0) is 7.05 Å². The maximum Gasteiger partial charge on any atom is 0.387 e. The van der Waals surface area contributed by atoms with Crippen LogP contribution in [-0.4, -0.2) is 27.7 Å². The molecule has 3 aromatic rings. The molecule has 0 saturated carbocycles. The number of hydrogen-bond acceptors (Lipinski definition) is 4. The minimum atomic E-state index is -3.21. The number of anilines is 2. The zero-order valence-electron chi connectivity index (χ0n) is 16.8. The van der Waals surface area contributed by atoms with E-state index in [1.165, 1.54) is 10.7 Å². The average Bonchev–Trinajstić information content (AvgIpc) is 2.93. The van der Waals surface area contributed by atoms with Crippen LogP contribution >= 0.6 is 12.2 Å². The third-order valence-corrected chi connectivity index (χ3v) is 4.64. The molecule has 0 saturated heterocycles. The molecule has 0 amide bonds. The lowest BCUT2D eigenvalue weighted by molar-refractivity contribution is -0.0539. The molecule has 0 bridgehead atoms. The summed E-state index contributed by atoms with van der Waals surface area (Å²) in [5, 5.41) is 5.29. The average molecular weight is 470 g/mol. The van der Waals surface area contributed by atoms with E-state index in [4.69, 9.17) is 12.2 Å². The predicted molar refractivity (Wildman–Crippen MR) is 115 cm³/mol. The van der Waals surface area contributed by atoms with Crippen LogP contribution in [0.15, 0.2) is 53.3 Å². The molecule has 0 aliphatic carbocycles. The molecule has 2 N–H and O–H groups in total. The van der Waals surface area contributed by atoms with Gasteiger partial charge in [-0.2, -0.15) is 17.6 Å². The molecule has 32 heavy (non-hydrogen) atoms. The van der Waals surface area contributed by atoms with Crippen molar-refractivity contribution in [1.82, 2.24) is 9.36 Å². The highest BCUT2D eigenvalue weighted by atomic mass is 32.1. The number of benzene rings is 2. The summed E-state index contributed by atoms with van der Waals surface area (Å²) < 4.78 is 62.0. The monoisotopic (exact) mass is 470 g/mol. The number of halogens is 4. The topological polar surface area (TPSA) is 69.4 Å². The number of alkyl halides is 4. The first-order valence-corrected chi connectivity index (χ1v) is 9.54. The van der Waals surface area contributed by atoms with Gasteiger partial charge in [-0.15, -0.1) is 0 Å². The Morgan fingerprint density at radius 3 is 2.28 bits per heavy atom. The lowest BCUT2D eigenvalue weighted by Crippen LogP contribution is -2.25. The highest BCUT2D eigenvalue weighted by molar-refractivity contribution is 7.80. The Balaban J connectivity index is 1.85. The van der Waals surface area contributed by atoms with E-state index in [1.807, 2.05) is 6.07 Å². The molecule has 170 valence electrons. The van der Waals surface area contributed by atoms with Gasteiger partial charge in [0.15, 0.2) is 10.9 Å². The van der Waals surface area contributed by atoms with E-state index in [0.29, 0.717) is 11.4 Å². The largest absolute Gasteiger partial charge is 0.435 e. The van der Waals surface area contributed by atoms with Crippen LogP contribution in [0.4, 0.5) is 28.9 Å². The molecule has 0 aliphatic rings. The second kappa shape index (κ2) is 9.73. The number of nitrogens with zero attached hydrogens (tertiary/aromatic N) is 2. The van der Waals surface area contributed by atoms with E-state index in [-0.39, 0.29) is 27.8 Å². The van der Waals surface area contributed by atoms with Gasteiger partial charge in [-0.3, -0.25) is 9.48 Å². The van der Waals surface area contributed by atoms with Gasteiger partial charge >= 0.3 is 13.2 Å². The van der Waals surface area contributed by atoms with Crippen LogP contribution < -0.4 is 25.7 Å². The quantitative estimate of drug-likeness (QED) is 0.392. The van der Waals surface area contributed by atoms with Crippen molar-refractivity contribution in [2.45, 2.75) is 20.1 Å². The summed E-state index contributed by atoms with van der Waals surface area (Å²) in [5.41, 5.74) is 0.944. The van der Waals surface area contributed by atoms with E-state index in [1.54, 1.807) is 42.9 Å². The van der Waals surface area contributed by atoms with Gasteiger partial charge in [0.05, 0.1) is 17.1 Å². The molecular formula is C20H18F4N4O3S. The van der Waals surface area contributed by atoms with Crippen molar-refractivity contribution in [1.29, 1.82) is 0 Å². The molecular weight excluding hydrogens is 452 g/mol. The molecule has 0 aliphatic heterocycles. The van der Waals surface area contributed by atoms with Crippen molar-refractivity contribution in [3.8, 4) is 17.2 Å². The third-order valence-electron chi connectivity index (χ3n) is 4.44. The fourth-order valence-electron chi connectivity index (χ4n) is 2.95. The van der Waals surface area contributed by atoms with Crippen molar-refractivity contribution < 1.29 is 27.0 Å². The van der Waals surface area contributed by atoms with E-state index in [2.05, 4.69) is 20.1 Å². The minimum absolute atomic E-state index is 0.0404. The van der Waals surface area contributed by atoms with Crippen LogP contribution in [0.25, 0.3) is 5.69 Å². The van der Waals surface area contributed by atoms with Crippen molar-refractivity contribution >= 4 is 28.7 Å². The van der Waals surface area contributed by atoms with Gasteiger partial charge in [0.2, 0.25) is 0 Å².